The first-order chi connectivity index (χ1) is 13.5. The molecule has 1 heterocycles. The fourth-order valence-corrected chi connectivity index (χ4v) is 3.22. The summed E-state index contributed by atoms with van der Waals surface area (Å²) in [5.74, 6) is -0.0976. The number of carbonyl (C=O) groups excluding carboxylic acids is 1. The molecule has 0 fully saturated rings. The zero-order chi connectivity index (χ0) is 20.1. The molecule has 1 N–H and O–H groups in total. The zero-order valence-corrected chi connectivity index (χ0v) is 17.1. The van der Waals surface area contributed by atoms with Gasteiger partial charge in [0.05, 0.1) is 22.4 Å². The molecule has 28 heavy (non-hydrogen) atoms. The summed E-state index contributed by atoms with van der Waals surface area (Å²) >= 11 is 0. The number of carbonyl (C=O) groups is 1. The van der Waals surface area contributed by atoms with E-state index in [4.69, 9.17) is 0 Å². The van der Waals surface area contributed by atoms with E-state index >= 15 is 0 Å². The molecule has 2 aromatic carbocycles. The number of nitrogens with zero attached hydrogens (tertiary/aromatic N) is 3. The van der Waals surface area contributed by atoms with Gasteiger partial charge in [0.1, 0.15) is 0 Å². The largest absolute Gasteiger partial charge is 0.348 e. The van der Waals surface area contributed by atoms with E-state index in [1.54, 1.807) is 0 Å². The molecule has 1 amide bonds. The van der Waals surface area contributed by atoms with Gasteiger partial charge in [-0.25, -0.2) is 9.97 Å². The summed E-state index contributed by atoms with van der Waals surface area (Å²) in [6.45, 7) is 11.6. The summed E-state index contributed by atoms with van der Waals surface area (Å²) in [7, 11) is 0. The molecule has 0 saturated heterocycles. The van der Waals surface area contributed by atoms with Crippen LogP contribution in [0.5, 0.6) is 0 Å². The van der Waals surface area contributed by atoms with Crippen molar-refractivity contribution < 1.29 is 4.79 Å². The minimum absolute atomic E-state index is 0.0976. The van der Waals surface area contributed by atoms with Gasteiger partial charge in [0, 0.05) is 18.7 Å². The lowest BCUT2D eigenvalue weighted by Crippen LogP contribution is -2.26. The van der Waals surface area contributed by atoms with Crippen molar-refractivity contribution in [3.63, 3.8) is 0 Å². The van der Waals surface area contributed by atoms with Crippen LogP contribution in [-0.4, -0.2) is 33.9 Å². The van der Waals surface area contributed by atoms with Gasteiger partial charge in [0.25, 0.3) is 5.91 Å². The van der Waals surface area contributed by atoms with Gasteiger partial charge in [-0.15, -0.1) is 0 Å². The molecule has 1 aromatic heterocycles. The number of benzene rings is 2. The highest BCUT2D eigenvalue weighted by atomic mass is 16.1. The van der Waals surface area contributed by atoms with E-state index in [2.05, 4.69) is 52.2 Å². The number of hydrogen-bond donors (Lipinski definition) is 1. The Morgan fingerprint density at radius 3 is 2.25 bits per heavy atom. The Morgan fingerprint density at radius 1 is 0.929 bits per heavy atom. The quantitative estimate of drug-likeness (QED) is 0.677. The van der Waals surface area contributed by atoms with Crippen molar-refractivity contribution in [2.75, 3.05) is 13.1 Å². The molecule has 0 spiro atoms. The monoisotopic (exact) mass is 376 g/mol. The van der Waals surface area contributed by atoms with Crippen LogP contribution in [0.3, 0.4) is 0 Å². The van der Waals surface area contributed by atoms with E-state index in [-0.39, 0.29) is 5.91 Å². The van der Waals surface area contributed by atoms with Crippen molar-refractivity contribution in [2.24, 2.45) is 0 Å². The van der Waals surface area contributed by atoms with Gasteiger partial charge in [0.2, 0.25) is 0 Å². The van der Waals surface area contributed by atoms with E-state index < -0.39 is 0 Å². The van der Waals surface area contributed by atoms with E-state index in [9.17, 15) is 4.79 Å². The standard InChI is InChI=1S/C23H28N4O/c1-5-27(6-2)15-20-10-8-7-9-19(20)14-24-23(28)18-11-12-21-22(13-18)26-17(4)16(3)25-21/h7-13H,5-6,14-15H2,1-4H3,(H,24,28). The van der Waals surface area contributed by atoms with Crippen molar-refractivity contribution >= 4 is 16.9 Å². The second-order valence-electron chi connectivity index (χ2n) is 7.01. The summed E-state index contributed by atoms with van der Waals surface area (Å²) in [4.78, 5) is 24.1. The molecule has 0 aliphatic heterocycles. The second-order valence-corrected chi connectivity index (χ2v) is 7.01. The topological polar surface area (TPSA) is 58.1 Å². The molecule has 5 nitrogen and oxygen atoms in total. The summed E-state index contributed by atoms with van der Waals surface area (Å²) in [6.07, 6.45) is 0. The molecule has 3 rings (SSSR count). The highest BCUT2D eigenvalue weighted by Crippen LogP contribution is 2.15. The van der Waals surface area contributed by atoms with Gasteiger partial charge >= 0.3 is 0 Å². The van der Waals surface area contributed by atoms with Crippen LogP contribution < -0.4 is 5.32 Å². The highest BCUT2D eigenvalue weighted by Gasteiger charge is 2.11. The van der Waals surface area contributed by atoms with Crippen LogP contribution in [-0.2, 0) is 13.1 Å². The highest BCUT2D eigenvalue weighted by molar-refractivity contribution is 5.97. The van der Waals surface area contributed by atoms with Gasteiger partial charge in [-0.1, -0.05) is 38.1 Å². The molecule has 0 aliphatic carbocycles. The molecular formula is C23H28N4O. The molecule has 0 saturated carbocycles. The van der Waals surface area contributed by atoms with Gasteiger partial charge in [-0.05, 0) is 56.3 Å². The SMILES string of the molecule is CCN(CC)Cc1ccccc1CNC(=O)c1ccc2nc(C)c(C)nc2c1. The third-order valence-electron chi connectivity index (χ3n) is 5.18. The van der Waals surface area contributed by atoms with Gasteiger partial charge in [-0.3, -0.25) is 9.69 Å². The smallest absolute Gasteiger partial charge is 0.251 e. The Morgan fingerprint density at radius 2 is 1.57 bits per heavy atom. The number of aryl methyl sites for hydroxylation is 2. The third-order valence-corrected chi connectivity index (χ3v) is 5.18. The van der Waals surface area contributed by atoms with Crippen LogP contribution in [0.2, 0.25) is 0 Å². The molecule has 0 aliphatic rings. The molecule has 0 bridgehead atoms. The van der Waals surface area contributed by atoms with Crippen LogP contribution in [0, 0.1) is 13.8 Å². The maximum Gasteiger partial charge on any atom is 0.251 e. The Bertz CT molecular complexity index is 979. The van der Waals surface area contributed by atoms with Crippen molar-refractivity contribution in [1.82, 2.24) is 20.2 Å². The maximum atomic E-state index is 12.7. The van der Waals surface area contributed by atoms with Crippen molar-refractivity contribution in [1.29, 1.82) is 0 Å². The minimum Gasteiger partial charge on any atom is -0.348 e. The first kappa shape index (κ1) is 20.0. The summed E-state index contributed by atoms with van der Waals surface area (Å²) < 4.78 is 0. The molecule has 146 valence electrons. The molecular weight excluding hydrogens is 348 g/mol. The fraction of sp³-hybridized carbons (Fsp3) is 0.348. The summed E-state index contributed by atoms with van der Waals surface area (Å²) in [6, 6.07) is 13.8. The summed E-state index contributed by atoms with van der Waals surface area (Å²) in [5.41, 5.74) is 6.36. The predicted molar refractivity (Wildman–Crippen MR) is 113 cm³/mol. The van der Waals surface area contributed by atoms with Gasteiger partial charge in [0.15, 0.2) is 0 Å². The number of amides is 1. The van der Waals surface area contributed by atoms with E-state index in [0.717, 1.165) is 47.6 Å². The average molecular weight is 377 g/mol. The van der Waals surface area contributed by atoms with E-state index in [0.29, 0.717) is 12.1 Å². The third kappa shape index (κ3) is 4.54. The van der Waals surface area contributed by atoms with Crippen LogP contribution in [0.4, 0.5) is 0 Å². The molecule has 0 radical (unpaired) electrons. The Kier molecular flexibility index (Phi) is 6.37. The lowest BCUT2D eigenvalue weighted by atomic mass is 10.1. The summed E-state index contributed by atoms with van der Waals surface area (Å²) in [5, 5.41) is 3.05. The number of fused-ring (bicyclic) bond motifs is 1. The van der Waals surface area contributed by atoms with E-state index in [1.165, 1.54) is 5.56 Å². The number of nitrogens with one attached hydrogen (secondary N) is 1. The molecule has 0 unspecified atom stereocenters. The Balaban J connectivity index is 1.74. The first-order valence-electron chi connectivity index (χ1n) is 9.84. The van der Waals surface area contributed by atoms with Crippen LogP contribution in [0.15, 0.2) is 42.5 Å². The number of hydrogen-bond acceptors (Lipinski definition) is 4. The van der Waals surface area contributed by atoms with Crippen molar-refractivity contribution in [3.05, 3.63) is 70.5 Å². The lowest BCUT2D eigenvalue weighted by molar-refractivity contribution is 0.0951. The Labute approximate surface area is 166 Å². The zero-order valence-electron chi connectivity index (χ0n) is 17.1. The van der Waals surface area contributed by atoms with Crippen LogP contribution in [0.1, 0.15) is 46.7 Å². The van der Waals surface area contributed by atoms with Crippen LogP contribution in [0.25, 0.3) is 11.0 Å². The second kappa shape index (κ2) is 8.93. The molecule has 5 heteroatoms. The Hall–Kier alpha value is -2.79. The average Bonchev–Trinajstić information content (AvgIpc) is 2.71. The molecule has 3 aromatic rings. The van der Waals surface area contributed by atoms with Gasteiger partial charge < -0.3 is 5.32 Å². The predicted octanol–water partition coefficient (Wildman–Crippen LogP) is 4.02. The van der Waals surface area contributed by atoms with Crippen molar-refractivity contribution in [2.45, 2.75) is 40.8 Å². The van der Waals surface area contributed by atoms with Crippen LogP contribution >= 0.6 is 0 Å². The fourth-order valence-electron chi connectivity index (χ4n) is 3.22. The van der Waals surface area contributed by atoms with Gasteiger partial charge in [-0.2, -0.15) is 0 Å². The minimum atomic E-state index is -0.0976. The van der Waals surface area contributed by atoms with Crippen molar-refractivity contribution in [3.8, 4) is 0 Å². The lowest BCUT2D eigenvalue weighted by Gasteiger charge is -2.20. The first-order valence-corrected chi connectivity index (χ1v) is 9.84. The number of aromatic nitrogens is 2. The normalized spacial score (nSPS) is 11.2. The van der Waals surface area contributed by atoms with E-state index in [1.807, 2.05) is 38.1 Å². The number of rotatable bonds is 7. The maximum absolute atomic E-state index is 12.7. The molecule has 0 atom stereocenters.